The highest BCUT2D eigenvalue weighted by Crippen LogP contribution is 2.37. The van der Waals surface area contributed by atoms with Crippen molar-refractivity contribution >= 4 is 0 Å². The molecule has 1 aromatic carbocycles. The second kappa shape index (κ2) is 8.43. The van der Waals surface area contributed by atoms with Gasteiger partial charge in [0, 0.05) is 6.04 Å². The molecule has 1 aliphatic rings. The number of hydrogen-bond donors (Lipinski definition) is 1. The van der Waals surface area contributed by atoms with Crippen molar-refractivity contribution in [2.24, 2.45) is 11.8 Å². The molecule has 0 aromatic heterocycles. The van der Waals surface area contributed by atoms with E-state index >= 15 is 0 Å². The average molecular weight is 289 g/mol. The lowest BCUT2D eigenvalue weighted by Gasteiger charge is -2.34. The first-order valence-corrected chi connectivity index (χ1v) is 8.70. The minimum atomic E-state index is 0.475. The Balaban J connectivity index is 2.12. The molecule has 2 nitrogen and oxygen atoms in total. The zero-order chi connectivity index (χ0) is 15.1. The van der Waals surface area contributed by atoms with Crippen LogP contribution in [0.2, 0.25) is 0 Å². The fourth-order valence-corrected chi connectivity index (χ4v) is 3.58. The molecular formula is C19H31NO. The van der Waals surface area contributed by atoms with Crippen LogP contribution in [0.25, 0.3) is 0 Å². The molecule has 0 spiro atoms. The van der Waals surface area contributed by atoms with Gasteiger partial charge in [0.15, 0.2) is 0 Å². The molecule has 1 aromatic rings. The maximum Gasteiger partial charge on any atom is 0.119 e. The normalized spacial score (nSPS) is 23.8. The summed E-state index contributed by atoms with van der Waals surface area (Å²) in [7, 11) is 0. The lowest BCUT2D eigenvalue weighted by atomic mass is 9.76. The van der Waals surface area contributed by atoms with E-state index in [9.17, 15) is 0 Å². The molecular weight excluding hydrogens is 258 g/mol. The van der Waals surface area contributed by atoms with Crippen LogP contribution in [0.5, 0.6) is 5.75 Å². The van der Waals surface area contributed by atoms with Gasteiger partial charge in [-0.2, -0.15) is 0 Å². The van der Waals surface area contributed by atoms with Crippen LogP contribution in [0.15, 0.2) is 24.3 Å². The van der Waals surface area contributed by atoms with E-state index in [-0.39, 0.29) is 0 Å². The summed E-state index contributed by atoms with van der Waals surface area (Å²) in [5.41, 5.74) is 1.39. The molecule has 0 aliphatic heterocycles. The molecule has 1 N–H and O–H groups in total. The molecule has 1 fully saturated rings. The van der Waals surface area contributed by atoms with Gasteiger partial charge in [-0.15, -0.1) is 0 Å². The lowest BCUT2D eigenvalue weighted by molar-refractivity contribution is 0.225. The van der Waals surface area contributed by atoms with Crippen LogP contribution in [-0.2, 0) is 0 Å². The lowest BCUT2D eigenvalue weighted by Crippen LogP contribution is -2.31. The number of benzene rings is 1. The van der Waals surface area contributed by atoms with Crippen molar-refractivity contribution in [3.05, 3.63) is 29.8 Å². The van der Waals surface area contributed by atoms with Gasteiger partial charge in [-0.1, -0.05) is 45.7 Å². The first kappa shape index (κ1) is 16.4. The third kappa shape index (κ3) is 4.74. The summed E-state index contributed by atoms with van der Waals surface area (Å²) in [4.78, 5) is 0. The van der Waals surface area contributed by atoms with E-state index < -0.39 is 0 Å². The van der Waals surface area contributed by atoms with Gasteiger partial charge in [0.25, 0.3) is 0 Å². The first-order chi connectivity index (χ1) is 10.2. The zero-order valence-corrected chi connectivity index (χ0v) is 13.9. The number of nitrogens with one attached hydrogen (secondary N) is 1. The summed E-state index contributed by atoms with van der Waals surface area (Å²) in [5, 5.41) is 3.72. The van der Waals surface area contributed by atoms with Gasteiger partial charge < -0.3 is 10.1 Å². The van der Waals surface area contributed by atoms with Crippen LogP contribution < -0.4 is 10.1 Å². The molecule has 0 radical (unpaired) electrons. The van der Waals surface area contributed by atoms with Crippen molar-refractivity contribution in [2.75, 3.05) is 13.2 Å². The minimum Gasteiger partial charge on any atom is -0.494 e. The number of ether oxygens (including phenoxy) is 1. The van der Waals surface area contributed by atoms with Crippen LogP contribution in [0, 0.1) is 11.8 Å². The van der Waals surface area contributed by atoms with Crippen LogP contribution in [-0.4, -0.2) is 13.2 Å². The molecule has 21 heavy (non-hydrogen) atoms. The van der Waals surface area contributed by atoms with Crippen LogP contribution in [0.3, 0.4) is 0 Å². The van der Waals surface area contributed by atoms with Crippen LogP contribution in [0.1, 0.15) is 64.5 Å². The van der Waals surface area contributed by atoms with Crippen LogP contribution >= 0.6 is 0 Å². The van der Waals surface area contributed by atoms with Crippen molar-refractivity contribution in [1.82, 2.24) is 5.32 Å². The summed E-state index contributed by atoms with van der Waals surface area (Å²) in [6.07, 6.45) is 6.52. The maximum absolute atomic E-state index is 5.80. The summed E-state index contributed by atoms with van der Waals surface area (Å²) < 4.78 is 5.80. The summed E-state index contributed by atoms with van der Waals surface area (Å²) in [5.74, 6) is 2.64. The van der Waals surface area contributed by atoms with Crippen molar-refractivity contribution in [3.63, 3.8) is 0 Å². The Labute approximate surface area is 130 Å². The van der Waals surface area contributed by atoms with Gasteiger partial charge in [0.05, 0.1) is 6.61 Å². The van der Waals surface area contributed by atoms with Crippen molar-refractivity contribution < 1.29 is 4.74 Å². The topological polar surface area (TPSA) is 21.3 Å². The van der Waals surface area contributed by atoms with E-state index in [0.717, 1.165) is 37.2 Å². The first-order valence-electron chi connectivity index (χ1n) is 8.70. The molecule has 0 heterocycles. The van der Waals surface area contributed by atoms with E-state index in [1.807, 2.05) is 0 Å². The SMILES string of the molecule is CCCOc1cccc(C(NCC)C2CCCC(C)C2)c1. The number of rotatable bonds is 7. The Morgan fingerprint density at radius 3 is 2.86 bits per heavy atom. The average Bonchev–Trinajstić information content (AvgIpc) is 2.51. The highest BCUT2D eigenvalue weighted by Gasteiger charge is 2.27. The van der Waals surface area contributed by atoms with Crippen molar-refractivity contribution in [1.29, 1.82) is 0 Å². The zero-order valence-electron chi connectivity index (χ0n) is 13.9. The van der Waals surface area contributed by atoms with E-state index in [4.69, 9.17) is 4.74 Å². The van der Waals surface area contributed by atoms with E-state index in [1.165, 1.54) is 31.2 Å². The summed E-state index contributed by atoms with van der Waals surface area (Å²) in [6.45, 7) is 8.58. The van der Waals surface area contributed by atoms with Crippen LogP contribution in [0.4, 0.5) is 0 Å². The quantitative estimate of drug-likeness (QED) is 0.766. The van der Waals surface area contributed by atoms with E-state index in [2.05, 4.69) is 50.4 Å². The summed E-state index contributed by atoms with van der Waals surface area (Å²) >= 11 is 0. The number of hydrogen-bond acceptors (Lipinski definition) is 2. The van der Waals surface area contributed by atoms with Crippen molar-refractivity contribution in [2.45, 2.75) is 58.9 Å². The summed E-state index contributed by atoms with van der Waals surface area (Å²) in [6, 6.07) is 9.18. The predicted octanol–water partition coefficient (Wildman–Crippen LogP) is 4.95. The Bertz CT molecular complexity index is 418. The molecule has 2 rings (SSSR count). The Kier molecular flexibility index (Phi) is 6.56. The largest absolute Gasteiger partial charge is 0.494 e. The maximum atomic E-state index is 5.80. The minimum absolute atomic E-state index is 0.475. The second-order valence-corrected chi connectivity index (χ2v) is 6.49. The molecule has 1 aliphatic carbocycles. The van der Waals surface area contributed by atoms with Gasteiger partial charge in [0.1, 0.15) is 5.75 Å². The fourth-order valence-electron chi connectivity index (χ4n) is 3.58. The highest BCUT2D eigenvalue weighted by atomic mass is 16.5. The van der Waals surface area contributed by atoms with Gasteiger partial charge in [-0.25, -0.2) is 0 Å². The van der Waals surface area contributed by atoms with Gasteiger partial charge in [0.2, 0.25) is 0 Å². The van der Waals surface area contributed by atoms with Gasteiger partial charge in [-0.05, 0) is 55.3 Å². The molecule has 2 heteroatoms. The van der Waals surface area contributed by atoms with E-state index in [0.29, 0.717) is 6.04 Å². The highest BCUT2D eigenvalue weighted by molar-refractivity contribution is 5.31. The molecule has 3 atom stereocenters. The van der Waals surface area contributed by atoms with E-state index in [1.54, 1.807) is 0 Å². The standard InChI is InChI=1S/C19H31NO/c1-4-12-21-18-11-7-10-17(14-18)19(20-5-2)16-9-6-8-15(3)13-16/h7,10-11,14-16,19-20H,4-6,8-9,12-13H2,1-3H3. The molecule has 0 bridgehead atoms. The molecule has 0 amide bonds. The third-order valence-electron chi connectivity index (χ3n) is 4.56. The molecule has 0 saturated heterocycles. The Morgan fingerprint density at radius 2 is 2.14 bits per heavy atom. The van der Waals surface area contributed by atoms with Gasteiger partial charge in [-0.3, -0.25) is 0 Å². The second-order valence-electron chi connectivity index (χ2n) is 6.49. The molecule has 118 valence electrons. The predicted molar refractivity (Wildman–Crippen MR) is 89.8 cm³/mol. The monoisotopic (exact) mass is 289 g/mol. The molecule has 3 unspecified atom stereocenters. The Morgan fingerprint density at radius 1 is 1.29 bits per heavy atom. The smallest absolute Gasteiger partial charge is 0.119 e. The Hall–Kier alpha value is -1.02. The third-order valence-corrected chi connectivity index (χ3v) is 4.56. The van der Waals surface area contributed by atoms with Crippen molar-refractivity contribution in [3.8, 4) is 5.75 Å². The van der Waals surface area contributed by atoms with Gasteiger partial charge >= 0.3 is 0 Å². The fraction of sp³-hybridized carbons (Fsp3) is 0.684. The molecule has 1 saturated carbocycles.